The van der Waals surface area contributed by atoms with Crippen LogP contribution in [0.3, 0.4) is 0 Å². The minimum absolute atomic E-state index is 0.0682. The SMILES string of the molecule is CC(=O)OC[C@@H](OC(C)=O)[C@H]1OC(=O)c2nc3ccccc3nc21. The van der Waals surface area contributed by atoms with E-state index in [-0.39, 0.29) is 18.0 Å². The van der Waals surface area contributed by atoms with Crippen molar-refractivity contribution < 1.29 is 28.6 Å². The highest BCUT2D eigenvalue weighted by atomic mass is 16.6. The second kappa shape index (κ2) is 6.23. The Labute approximate surface area is 136 Å². The summed E-state index contributed by atoms with van der Waals surface area (Å²) in [6, 6.07) is 7.04. The van der Waals surface area contributed by atoms with Gasteiger partial charge in [-0.25, -0.2) is 14.8 Å². The molecule has 0 aliphatic carbocycles. The normalized spacial score (nSPS) is 17.1. The molecule has 2 aromatic rings. The van der Waals surface area contributed by atoms with Crippen LogP contribution in [-0.2, 0) is 23.8 Å². The topological polar surface area (TPSA) is 105 Å². The van der Waals surface area contributed by atoms with E-state index in [1.165, 1.54) is 13.8 Å². The van der Waals surface area contributed by atoms with Gasteiger partial charge in [-0.15, -0.1) is 0 Å². The second-order valence-electron chi connectivity index (χ2n) is 5.22. The summed E-state index contributed by atoms with van der Waals surface area (Å²) in [5, 5.41) is 0. The van der Waals surface area contributed by atoms with E-state index in [0.29, 0.717) is 11.0 Å². The molecule has 1 aromatic carbocycles. The van der Waals surface area contributed by atoms with Crippen molar-refractivity contribution in [1.82, 2.24) is 9.97 Å². The van der Waals surface area contributed by atoms with Gasteiger partial charge in [0.1, 0.15) is 12.3 Å². The molecular formula is C16H14N2O6. The molecule has 124 valence electrons. The predicted molar refractivity (Wildman–Crippen MR) is 79.9 cm³/mol. The molecule has 0 bridgehead atoms. The fourth-order valence-electron chi connectivity index (χ4n) is 2.44. The Balaban J connectivity index is 1.99. The zero-order chi connectivity index (χ0) is 17.3. The molecule has 0 amide bonds. The van der Waals surface area contributed by atoms with Crippen molar-refractivity contribution in [2.75, 3.05) is 6.61 Å². The molecule has 1 aliphatic rings. The molecular weight excluding hydrogens is 316 g/mol. The van der Waals surface area contributed by atoms with E-state index in [1.54, 1.807) is 24.3 Å². The summed E-state index contributed by atoms with van der Waals surface area (Å²) >= 11 is 0. The van der Waals surface area contributed by atoms with Crippen LogP contribution in [0.4, 0.5) is 0 Å². The fourth-order valence-corrected chi connectivity index (χ4v) is 2.44. The van der Waals surface area contributed by atoms with Gasteiger partial charge in [0.05, 0.1) is 11.0 Å². The van der Waals surface area contributed by atoms with Gasteiger partial charge in [-0.1, -0.05) is 12.1 Å². The van der Waals surface area contributed by atoms with Crippen LogP contribution in [-0.4, -0.2) is 40.6 Å². The van der Waals surface area contributed by atoms with Gasteiger partial charge < -0.3 is 14.2 Å². The minimum atomic E-state index is -0.993. The zero-order valence-electron chi connectivity index (χ0n) is 13.0. The lowest BCUT2D eigenvalue weighted by molar-refractivity contribution is -0.163. The molecule has 24 heavy (non-hydrogen) atoms. The van der Waals surface area contributed by atoms with Crippen LogP contribution in [0.1, 0.15) is 36.1 Å². The van der Waals surface area contributed by atoms with Gasteiger partial charge in [-0.2, -0.15) is 0 Å². The van der Waals surface area contributed by atoms with Crippen molar-refractivity contribution in [3.63, 3.8) is 0 Å². The van der Waals surface area contributed by atoms with Crippen LogP contribution in [0.25, 0.3) is 11.0 Å². The van der Waals surface area contributed by atoms with E-state index in [1.807, 2.05) is 0 Å². The molecule has 2 atom stereocenters. The lowest BCUT2D eigenvalue weighted by atomic mass is 10.1. The number of esters is 3. The Bertz CT molecular complexity index is 834. The summed E-state index contributed by atoms with van der Waals surface area (Å²) in [4.78, 5) is 43.1. The number of cyclic esters (lactones) is 1. The van der Waals surface area contributed by atoms with E-state index in [0.717, 1.165) is 0 Å². The molecule has 8 heteroatoms. The van der Waals surface area contributed by atoms with Crippen LogP contribution in [0, 0.1) is 0 Å². The maximum Gasteiger partial charge on any atom is 0.359 e. The predicted octanol–water partition coefficient (Wildman–Crippen LogP) is 1.34. The van der Waals surface area contributed by atoms with Gasteiger partial charge >= 0.3 is 17.9 Å². The van der Waals surface area contributed by atoms with Crippen LogP contribution in [0.5, 0.6) is 0 Å². The highest BCUT2D eigenvalue weighted by Gasteiger charge is 2.42. The maximum atomic E-state index is 12.1. The first kappa shape index (κ1) is 15.9. The Kier molecular flexibility index (Phi) is 4.11. The van der Waals surface area contributed by atoms with Crippen molar-refractivity contribution in [3.8, 4) is 0 Å². The third-order valence-electron chi connectivity index (χ3n) is 3.40. The Morgan fingerprint density at radius 3 is 2.46 bits per heavy atom. The Morgan fingerprint density at radius 1 is 1.17 bits per heavy atom. The second-order valence-corrected chi connectivity index (χ2v) is 5.22. The molecule has 0 fully saturated rings. The zero-order valence-corrected chi connectivity index (χ0v) is 13.0. The average Bonchev–Trinajstić information content (AvgIpc) is 2.85. The number of carbonyl (C=O) groups is 3. The summed E-state index contributed by atoms with van der Waals surface area (Å²) in [6.45, 7) is 2.19. The maximum absolute atomic E-state index is 12.1. The van der Waals surface area contributed by atoms with Crippen molar-refractivity contribution in [2.45, 2.75) is 26.1 Å². The number of aromatic nitrogens is 2. The molecule has 3 rings (SSSR count). The van der Waals surface area contributed by atoms with Gasteiger partial charge in [-0.05, 0) is 12.1 Å². The van der Waals surface area contributed by atoms with Crippen molar-refractivity contribution in [3.05, 3.63) is 35.7 Å². The number of benzene rings is 1. The standard InChI is InChI=1S/C16H14N2O6/c1-8(19)22-7-12(23-9(2)20)15-13-14(16(21)24-15)18-11-6-4-3-5-10(11)17-13/h3-6,12,15H,7H2,1-2H3/t12-,15-/m1/s1. The van der Waals surface area contributed by atoms with Gasteiger partial charge in [-0.3, -0.25) is 9.59 Å². The summed E-state index contributed by atoms with van der Waals surface area (Å²) in [7, 11) is 0. The molecule has 0 spiro atoms. The minimum Gasteiger partial charge on any atom is -0.462 e. The van der Waals surface area contributed by atoms with Crippen molar-refractivity contribution >= 4 is 28.9 Å². The summed E-state index contributed by atoms with van der Waals surface area (Å²) in [5.74, 6) is -1.79. The monoisotopic (exact) mass is 330 g/mol. The summed E-state index contributed by atoms with van der Waals surface area (Å²) in [6.07, 6.45) is -1.97. The van der Waals surface area contributed by atoms with Gasteiger partial charge in [0.25, 0.3) is 0 Å². The molecule has 0 unspecified atom stereocenters. The van der Waals surface area contributed by atoms with Gasteiger partial charge in [0, 0.05) is 13.8 Å². The van der Waals surface area contributed by atoms with Crippen LogP contribution >= 0.6 is 0 Å². The number of carbonyl (C=O) groups excluding carboxylic acids is 3. The third kappa shape index (κ3) is 3.03. The molecule has 1 aromatic heterocycles. The molecule has 0 saturated carbocycles. The van der Waals surface area contributed by atoms with Gasteiger partial charge in [0.2, 0.25) is 0 Å². The molecule has 0 saturated heterocycles. The largest absolute Gasteiger partial charge is 0.462 e. The van der Waals surface area contributed by atoms with Gasteiger partial charge in [0.15, 0.2) is 17.9 Å². The average molecular weight is 330 g/mol. The number of rotatable bonds is 4. The number of fused-ring (bicyclic) bond motifs is 2. The third-order valence-corrected chi connectivity index (χ3v) is 3.40. The van der Waals surface area contributed by atoms with E-state index in [2.05, 4.69) is 9.97 Å². The first-order valence-corrected chi connectivity index (χ1v) is 7.24. The lowest BCUT2D eigenvalue weighted by Gasteiger charge is -2.21. The number of ether oxygens (including phenoxy) is 3. The van der Waals surface area contributed by atoms with Crippen molar-refractivity contribution in [1.29, 1.82) is 0 Å². The van der Waals surface area contributed by atoms with Crippen LogP contribution in [0.15, 0.2) is 24.3 Å². The molecule has 1 aliphatic heterocycles. The smallest absolute Gasteiger partial charge is 0.359 e. The lowest BCUT2D eigenvalue weighted by Crippen LogP contribution is -2.31. The van der Waals surface area contributed by atoms with Crippen molar-refractivity contribution in [2.24, 2.45) is 0 Å². The molecule has 0 N–H and O–H groups in total. The first-order chi connectivity index (χ1) is 11.5. The van der Waals surface area contributed by atoms with Crippen LogP contribution < -0.4 is 0 Å². The van der Waals surface area contributed by atoms with E-state index in [4.69, 9.17) is 14.2 Å². The highest BCUT2D eigenvalue weighted by Crippen LogP contribution is 2.33. The first-order valence-electron chi connectivity index (χ1n) is 7.24. The number of para-hydroxylation sites is 2. The highest BCUT2D eigenvalue weighted by molar-refractivity contribution is 5.93. The van der Waals surface area contributed by atoms with E-state index < -0.39 is 30.1 Å². The number of hydrogen-bond donors (Lipinski definition) is 0. The molecule has 0 radical (unpaired) electrons. The molecule has 2 heterocycles. The quantitative estimate of drug-likeness (QED) is 0.611. The Hall–Kier alpha value is -3.03. The molecule has 8 nitrogen and oxygen atoms in total. The van der Waals surface area contributed by atoms with Crippen LogP contribution in [0.2, 0.25) is 0 Å². The van der Waals surface area contributed by atoms with E-state index in [9.17, 15) is 14.4 Å². The fraction of sp³-hybridized carbons (Fsp3) is 0.312. The van der Waals surface area contributed by atoms with E-state index >= 15 is 0 Å². The summed E-state index contributed by atoms with van der Waals surface area (Å²) < 4.78 is 15.3. The number of hydrogen-bond acceptors (Lipinski definition) is 8. The number of nitrogens with zero attached hydrogens (tertiary/aromatic N) is 2. The summed E-state index contributed by atoms with van der Waals surface area (Å²) in [5.41, 5.74) is 1.46. The Morgan fingerprint density at radius 2 is 1.83 bits per heavy atom.